The van der Waals surface area contributed by atoms with Crippen LogP contribution < -0.4 is 0 Å². The Balaban J connectivity index is 2.30. The minimum Gasteiger partial charge on any atom is -0.481 e. The Bertz CT molecular complexity index is 214. The van der Waals surface area contributed by atoms with Crippen LogP contribution in [0.4, 0.5) is 0 Å². The van der Waals surface area contributed by atoms with Crippen molar-refractivity contribution in [3.63, 3.8) is 0 Å². The van der Waals surface area contributed by atoms with Gasteiger partial charge in [-0.05, 0) is 32.7 Å². The summed E-state index contributed by atoms with van der Waals surface area (Å²) in [5.74, 6) is -0.708. The molecule has 1 fully saturated rings. The molecule has 1 aliphatic rings. The number of hydrogen-bond acceptors (Lipinski definition) is 3. The molecule has 0 bridgehead atoms. The molecule has 1 heterocycles. The van der Waals surface area contributed by atoms with Crippen molar-refractivity contribution in [1.29, 1.82) is 0 Å². The van der Waals surface area contributed by atoms with Crippen LogP contribution in [0.2, 0.25) is 0 Å². The number of carbonyl (C=O) groups is 1. The standard InChI is InChI=1S/C12H23NO3/c1-3-13(9-11-5-4-8-16-11)10(2)6-7-12(14)15/h10-11H,3-9H2,1-2H3,(H,14,15). The van der Waals surface area contributed by atoms with Crippen molar-refractivity contribution >= 4 is 5.97 Å². The van der Waals surface area contributed by atoms with Gasteiger partial charge in [-0.1, -0.05) is 6.92 Å². The van der Waals surface area contributed by atoms with Crippen molar-refractivity contribution in [3.8, 4) is 0 Å². The van der Waals surface area contributed by atoms with Crippen LogP contribution in [0.3, 0.4) is 0 Å². The molecule has 94 valence electrons. The summed E-state index contributed by atoms with van der Waals surface area (Å²) in [7, 11) is 0. The minimum atomic E-state index is -0.708. The molecule has 4 heteroatoms. The van der Waals surface area contributed by atoms with Crippen molar-refractivity contribution in [1.82, 2.24) is 4.90 Å². The van der Waals surface area contributed by atoms with E-state index in [0.717, 1.165) is 39.0 Å². The molecule has 1 N–H and O–H groups in total. The summed E-state index contributed by atoms with van der Waals surface area (Å²) in [5.41, 5.74) is 0. The van der Waals surface area contributed by atoms with Crippen LogP contribution in [0.15, 0.2) is 0 Å². The first-order valence-electron chi connectivity index (χ1n) is 6.21. The maximum atomic E-state index is 10.5. The van der Waals surface area contributed by atoms with E-state index in [9.17, 15) is 4.79 Å². The average molecular weight is 229 g/mol. The Morgan fingerprint density at radius 3 is 2.88 bits per heavy atom. The first kappa shape index (κ1) is 13.5. The van der Waals surface area contributed by atoms with E-state index in [1.165, 1.54) is 0 Å². The van der Waals surface area contributed by atoms with Crippen LogP contribution in [-0.2, 0) is 9.53 Å². The highest BCUT2D eigenvalue weighted by Crippen LogP contribution is 2.16. The second kappa shape index (κ2) is 6.86. The van der Waals surface area contributed by atoms with Gasteiger partial charge in [0.25, 0.3) is 0 Å². The second-order valence-corrected chi connectivity index (χ2v) is 4.50. The Labute approximate surface area is 97.6 Å². The van der Waals surface area contributed by atoms with Gasteiger partial charge < -0.3 is 9.84 Å². The lowest BCUT2D eigenvalue weighted by molar-refractivity contribution is -0.137. The van der Waals surface area contributed by atoms with E-state index in [2.05, 4.69) is 18.7 Å². The van der Waals surface area contributed by atoms with Gasteiger partial charge in [0.15, 0.2) is 0 Å². The highest BCUT2D eigenvalue weighted by atomic mass is 16.5. The van der Waals surface area contributed by atoms with E-state index in [1.807, 2.05) is 0 Å². The highest BCUT2D eigenvalue weighted by molar-refractivity contribution is 5.66. The van der Waals surface area contributed by atoms with Crippen molar-refractivity contribution < 1.29 is 14.6 Å². The number of hydrogen-bond donors (Lipinski definition) is 1. The number of likely N-dealkylation sites (N-methyl/N-ethyl adjacent to an activating group) is 1. The first-order valence-corrected chi connectivity index (χ1v) is 6.21. The fourth-order valence-electron chi connectivity index (χ4n) is 2.19. The minimum absolute atomic E-state index is 0.253. The Morgan fingerprint density at radius 2 is 2.38 bits per heavy atom. The van der Waals surface area contributed by atoms with Gasteiger partial charge in [0.2, 0.25) is 0 Å². The van der Waals surface area contributed by atoms with Gasteiger partial charge in [-0.2, -0.15) is 0 Å². The van der Waals surface area contributed by atoms with Gasteiger partial charge in [-0.15, -0.1) is 0 Å². The number of carboxylic acid groups (broad SMARTS) is 1. The van der Waals surface area contributed by atoms with E-state index in [-0.39, 0.29) is 6.42 Å². The van der Waals surface area contributed by atoms with Crippen molar-refractivity contribution in [2.45, 2.75) is 51.7 Å². The summed E-state index contributed by atoms with van der Waals surface area (Å²) in [6.07, 6.45) is 3.62. The molecule has 16 heavy (non-hydrogen) atoms. The molecule has 0 aliphatic carbocycles. The molecule has 0 spiro atoms. The molecule has 2 unspecified atom stereocenters. The third-order valence-electron chi connectivity index (χ3n) is 3.27. The molecular weight excluding hydrogens is 206 g/mol. The van der Waals surface area contributed by atoms with Crippen LogP contribution in [0.25, 0.3) is 0 Å². The fourth-order valence-corrected chi connectivity index (χ4v) is 2.19. The van der Waals surface area contributed by atoms with Gasteiger partial charge in [-0.3, -0.25) is 9.69 Å². The molecule has 0 aromatic rings. The van der Waals surface area contributed by atoms with Gasteiger partial charge in [0, 0.05) is 25.6 Å². The maximum Gasteiger partial charge on any atom is 0.303 e. The zero-order chi connectivity index (χ0) is 12.0. The van der Waals surface area contributed by atoms with Gasteiger partial charge in [0.1, 0.15) is 0 Å². The fraction of sp³-hybridized carbons (Fsp3) is 0.917. The molecule has 1 saturated heterocycles. The number of nitrogens with zero attached hydrogens (tertiary/aromatic N) is 1. The zero-order valence-electron chi connectivity index (χ0n) is 10.3. The van der Waals surface area contributed by atoms with E-state index >= 15 is 0 Å². The predicted molar refractivity (Wildman–Crippen MR) is 62.6 cm³/mol. The lowest BCUT2D eigenvalue weighted by Crippen LogP contribution is -2.39. The molecule has 2 atom stereocenters. The lowest BCUT2D eigenvalue weighted by atomic mass is 10.1. The van der Waals surface area contributed by atoms with Crippen LogP contribution in [0.1, 0.15) is 39.5 Å². The van der Waals surface area contributed by atoms with Crippen molar-refractivity contribution in [2.75, 3.05) is 19.7 Å². The summed E-state index contributed by atoms with van der Waals surface area (Å²) in [4.78, 5) is 12.8. The van der Waals surface area contributed by atoms with E-state index < -0.39 is 5.97 Å². The summed E-state index contributed by atoms with van der Waals surface area (Å²) in [6, 6.07) is 0.324. The molecular formula is C12H23NO3. The second-order valence-electron chi connectivity index (χ2n) is 4.50. The molecule has 0 radical (unpaired) electrons. The van der Waals surface area contributed by atoms with Crippen molar-refractivity contribution in [2.24, 2.45) is 0 Å². The van der Waals surface area contributed by atoms with Crippen LogP contribution in [0.5, 0.6) is 0 Å². The average Bonchev–Trinajstić information content (AvgIpc) is 2.75. The zero-order valence-corrected chi connectivity index (χ0v) is 10.3. The Morgan fingerprint density at radius 1 is 1.62 bits per heavy atom. The van der Waals surface area contributed by atoms with Crippen molar-refractivity contribution in [3.05, 3.63) is 0 Å². The van der Waals surface area contributed by atoms with Gasteiger partial charge in [0.05, 0.1) is 6.10 Å². The number of ether oxygens (including phenoxy) is 1. The highest BCUT2D eigenvalue weighted by Gasteiger charge is 2.21. The largest absolute Gasteiger partial charge is 0.481 e. The third kappa shape index (κ3) is 4.49. The molecule has 0 aromatic carbocycles. The molecule has 1 aliphatic heterocycles. The Hall–Kier alpha value is -0.610. The van der Waals surface area contributed by atoms with Gasteiger partial charge >= 0.3 is 5.97 Å². The smallest absolute Gasteiger partial charge is 0.303 e. The van der Waals surface area contributed by atoms with Gasteiger partial charge in [-0.25, -0.2) is 0 Å². The quantitative estimate of drug-likeness (QED) is 0.722. The SMILES string of the molecule is CCN(CC1CCCO1)C(C)CCC(=O)O. The maximum absolute atomic E-state index is 10.5. The lowest BCUT2D eigenvalue weighted by Gasteiger charge is -2.29. The summed E-state index contributed by atoms with van der Waals surface area (Å²) in [6.45, 7) is 7.00. The number of carboxylic acids is 1. The van der Waals surface area contributed by atoms with Crippen LogP contribution in [0, 0.1) is 0 Å². The van der Waals surface area contributed by atoms with E-state index in [4.69, 9.17) is 9.84 Å². The summed E-state index contributed by atoms with van der Waals surface area (Å²) >= 11 is 0. The van der Waals surface area contributed by atoms with Crippen LogP contribution >= 0.6 is 0 Å². The third-order valence-corrected chi connectivity index (χ3v) is 3.27. The molecule has 0 amide bonds. The number of aliphatic carboxylic acids is 1. The molecule has 0 aromatic heterocycles. The topological polar surface area (TPSA) is 49.8 Å². The molecule has 4 nitrogen and oxygen atoms in total. The Kier molecular flexibility index (Phi) is 5.77. The van der Waals surface area contributed by atoms with Crippen LogP contribution in [-0.4, -0.2) is 47.8 Å². The normalized spacial score (nSPS) is 22.6. The summed E-state index contributed by atoms with van der Waals surface area (Å²) < 4.78 is 5.60. The molecule has 0 saturated carbocycles. The monoisotopic (exact) mass is 229 g/mol. The predicted octanol–water partition coefficient (Wildman–Crippen LogP) is 1.74. The number of rotatable bonds is 7. The molecule has 1 rings (SSSR count). The van der Waals surface area contributed by atoms with E-state index in [1.54, 1.807) is 0 Å². The summed E-state index contributed by atoms with van der Waals surface area (Å²) in [5, 5.41) is 8.66. The first-order chi connectivity index (χ1) is 7.63. The van der Waals surface area contributed by atoms with E-state index in [0.29, 0.717) is 12.1 Å².